The first kappa shape index (κ1) is 17.6. The Morgan fingerprint density at radius 2 is 1.48 bits per heavy atom. The normalized spacial score (nSPS) is 11.4. The topological polar surface area (TPSA) is 72.0 Å². The number of rotatable bonds is 8. The van der Waals surface area contributed by atoms with Crippen LogP contribution >= 0.6 is 11.3 Å². The van der Waals surface area contributed by atoms with Crippen molar-refractivity contribution in [2.24, 2.45) is 0 Å². The van der Waals surface area contributed by atoms with Gasteiger partial charge in [-0.25, -0.2) is 8.42 Å². The highest BCUT2D eigenvalue weighted by Gasteiger charge is 2.14. The maximum atomic E-state index is 12.2. The van der Waals surface area contributed by atoms with Gasteiger partial charge >= 0.3 is 0 Å². The van der Waals surface area contributed by atoms with Gasteiger partial charge in [-0.1, -0.05) is 72.0 Å². The van der Waals surface area contributed by atoms with Gasteiger partial charge in [-0.15, -0.1) is 10.2 Å². The maximum Gasteiger partial charge on any atom is 0.238 e. The summed E-state index contributed by atoms with van der Waals surface area (Å²) in [5.74, 6) is -0.0727. The Kier molecular flexibility index (Phi) is 5.78. The van der Waals surface area contributed by atoms with Crippen LogP contribution in [0.5, 0.6) is 0 Å². The van der Waals surface area contributed by atoms with Crippen LogP contribution < -0.4 is 4.72 Å². The molecule has 0 aliphatic heterocycles. The quantitative estimate of drug-likeness (QED) is 0.654. The van der Waals surface area contributed by atoms with Crippen LogP contribution in [-0.2, 0) is 28.6 Å². The molecule has 5 nitrogen and oxygen atoms in total. The van der Waals surface area contributed by atoms with Crippen molar-refractivity contribution in [3.8, 4) is 0 Å². The van der Waals surface area contributed by atoms with Crippen molar-refractivity contribution in [1.82, 2.24) is 10.2 Å². The fourth-order valence-corrected chi connectivity index (χ4v) is 4.64. The number of nitrogens with zero attached hydrogens (tertiary/aromatic N) is 2. The van der Waals surface area contributed by atoms with Crippen molar-refractivity contribution in [1.29, 1.82) is 0 Å². The molecule has 0 aliphatic carbocycles. The lowest BCUT2D eigenvalue weighted by Crippen LogP contribution is -2.14. The minimum Gasteiger partial charge on any atom is -0.257 e. The molecular formula is C18H19N3O2S2. The number of anilines is 1. The minimum atomic E-state index is -3.48. The molecule has 0 radical (unpaired) electrons. The van der Waals surface area contributed by atoms with Gasteiger partial charge in [0.15, 0.2) is 0 Å². The van der Waals surface area contributed by atoms with E-state index in [-0.39, 0.29) is 5.75 Å². The van der Waals surface area contributed by atoms with Gasteiger partial charge in [-0.3, -0.25) is 4.72 Å². The highest BCUT2D eigenvalue weighted by Crippen LogP contribution is 2.19. The molecule has 0 bridgehead atoms. The largest absolute Gasteiger partial charge is 0.257 e. The highest BCUT2D eigenvalue weighted by molar-refractivity contribution is 7.92. The smallest absolute Gasteiger partial charge is 0.238 e. The van der Waals surface area contributed by atoms with Crippen molar-refractivity contribution >= 4 is 26.5 Å². The Morgan fingerprint density at radius 1 is 0.840 bits per heavy atom. The van der Waals surface area contributed by atoms with Crippen molar-refractivity contribution in [3.63, 3.8) is 0 Å². The van der Waals surface area contributed by atoms with E-state index in [1.165, 1.54) is 16.9 Å². The predicted octanol–water partition coefficient (Wildman–Crippen LogP) is 3.66. The zero-order valence-corrected chi connectivity index (χ0v) is 15.3. The molecule has 0 aliphatic rings. The Bertz CT molecular complexity index is 894. The van der Waals surface area contributed by atoms with Crippen molar-refractivity contribution < 1.29 is 8.42 Å². The number of nitrogens with one attached hydrogen (secondary N) is 1. The zero-order valence-electron chi connectivity index (χ0n) is 13.6. The van der Waals surface area contributed by atoms with Crippen LogP contribution in [0.25, 0.3) is 0 Å². The van der Waals surface area contributed by atoms with E-state index in [0.717, 1.165) is 29.8 Å². The first-order chi connectivity index (χ1) is 12.1. The first-order valence-electron chi connectivity index (χ1n) is 8.01. The Labute approximate surface area is 151 Å². The second-order valence-corrected chi connectivity index (χ2v) is 8.47. The van der Waals surface area contributed by atoms with Crippen LogP contribution in [0.2, 0.25) is 0 Å². The predicted molar refractivity (Wildman–Crippen MR) is 101 cm³/mol. The van der Waals surface area contributed by atoms with Crippen molar-refractivity contribution in [2.75, 3.05) is 4.72 Å². The molecule has 3 aromatic rings. The minimum absolute atomic E-state index is 0.0727. The second-order valence-electron chi connectivity index (χ2n) is 5.69. The van der Waals surface area contributed by atoms with Crippen LogP contribution in [0.4, 0.5) is 5.13 Å². The van der Waals surface area contributed by atoms with Crippen LogP contribution in [0.1, 0.15) is 22.6 Å². The molecule has 25 heavy (non-hydrogen) atoms. The third-order valence-electron chi connectivity index (χ3n) is 3.61. The molecule has 0 atom stereocenters. The SMILES string of the molecule is O=S(=O)(Cc1ccccc1)Nc1nnc(CCCc2ccccc2)s1. The molecule has 3 rings (SSSR count). The first-order valence-corrected chi connectivity index (χ1v) is 10.5. The molecule has 1 heterocycles. The summed E-state index contributed by atoms with van der Waals surface area (Å²) in [4.78, 5) is 0. The highest BCUT2D eigenvalue weighted by atomic mass is 32.2. The van der Waals surface area contributed by atoms with Crippen LogP contribution in [0.15, 0.2) is 60.7 Å². The van der Waals surface area contributed by atoms with E-state index in [9.17, 15) is 8.42 Å². The van der Waals surface area contributed by atoms with Gasteiger partial charge < -0.3 is 0 Å². The molecule has 0 amide bonds. The molecule has 1 aromatic heterocycles. The third kappa shape index (κ3) is 5.65. The van der Waals surface area contributed by atoms with Crippen LogP contribution in [0.3, 0.4) is 0 Å². The molecule has 0 spiro atoms. The number of sulfonamides is 1. The number of hydrogen-bond acceptors (Lipinski definition) is 5. The standard InChI is InChI=1S/C18H19N3O2S2/c22-25(23,14-16-10-5-2-6-11-16)21-18-20-19-17(24-18)13-7-12-15-8-3-1-4-9-15/h1-6,8-11H,7,12-14H2,(H,20,21). The molecule has 1 N–H and O–H groups in total. The van der Waals surface area contributed by atoms with E-state index in [1.807, 2.05) is 36.4 Å². The summed E-state index contributed by atoms with van der Waals surface area (Å²) in [6.45, 7) is 0. The summed E-state index contributed by atoms with van der Waals surface area (Å²) in [6, 6.07) is 19.3. The number of hydrogen-bond donors (Lipinski definition) is 1. The van der Waals surface area contributed by atoms with Crippen LogP contribution in [-0.4, -0.2) is 18.6 Å². The van der Waals surface area contributed by atoms with Gasteiger partial charge in [0.2, 0.25) is 15.2 Å². The van der Waals surface area contributed by atoms with Crippen LogP contribution in [0, 0.1) is 0 Å². The van der Waals surface area contributed by atoms with E-state index >= 15 is 0 Å². The van der Waals surface area contributed by atoms with E-state index in [4.69, 9.17) is 0 Å². The molecule has 130 valence electrons. The summed E-state index contributed by atoms with van der Waals surface area (Å²) in [5, 5.41) is 9.19. The lowest BCUT2D eigenvalue weighted by atomic mass is 10.1. The van der Waals surface area contributed by atoms with Gasteiger partial charge in [-0.2, -0.15) is 0 Å². The van der Waals surface area contributed by atoms with E-state index in [2.05, 4.69) is 27.1 Å². The summed E-state index contributed by atoms with van der Waals surface area (Å²) < 4.78 is 26.9. The van der Waals surface area contributed by atoms with Crippen molar-refractivity contribution in [3.05, 3.63) is 76.8 Å². The lowest BCUT2D eigenvalue weighted by molar-refractivity contribution is 0.600. The fourth-order valence-electron chi connectivity index (χ4n) is 2.45. The van der Waals surface area contributed by atoms with Gasteiger partial charge in [0, 0.05) is 6.42 Å². The third-order valence-corrected chi connectivity index (χ3v) is 5.85. The fraction of sp³-hybridized carbons (Fsp3) is 0.222. The maximum absolute atomic E-state index is 12.2. The molecule has 0 saturated carbocycles. The Morgan fingerprint density at radius 3 is 2.16 bits per heavy atom. The van der Waals surface area contributed by atoms with Crippen molar-refractivity contribution in [2.45, 2.75) is 25.0 Å². The molecule has 0 unspecified atom stereocenters. The van der Waals surface area contributed by atoms with E-state index in [0.29, 0.717) is 5.13 Å². The Balaban J connectivity index is 1.52. The molecule has 2 aromatic carbocycles. The molecule has 0 fully saturated rings. The summed E-state index contributed by atoms with van der Waals surface area (Å²) in [6.07, 6.45) is 2.71. The molecule has 7 heteroatoms. The average molecular weight is 374 g/mol. The second kappa shape index (κ2) is 8.22. The molecular weight excluding hydrogens is 354 g/mol. The Hall–Kier alpha value is -2.25. The van der Waals surface area contributed by atoms with Gasteiger partial charge in [0.25, 0.3) is 0 Å². The number of benzene rings is 2. The summed E-state index contributed by atoms with van der Waals surface area (Å²) >= 11 is 1.29. The van der Waals surface area contributed by atoms with Gasteiger partial charge in [-0.05, 0) is 24.0 Å². The number of aromatic nitrogens is 2. The average Bonchev–Trinajstić information content (AvgIpc) is 3.03. The van der Waals surface area contributed by atoms with Gasteiger partial charge in [0.1, 0.15) is 5.01 Å². The molecule has 0 saturated heterocycles. The number of aryl methyl sites for hydroxylation is 2. The zero-order chi connectivity index (χ0) is 17.5. The van der Waals surface area contributed by atoms with E-state index < -0.39 is 10.0 Å². The summed E-state index contributed by atoms with van der Waals surface area (Å²) in [5.41, 5.74) is 2.03. The van der Waals surface area contributed by atoms with E-state index in [1.54, 1.807) is 12.1 Å². The summed E-state index contributed by atoms with van der Waals surface area (Å²) in [7, 11) is -3.48. The monoisotopic (exact) mass is 373 g/mol. The van der Waals surface area contributed by atoms with Gasteiger partial charge in [0.05, 0.1) is 5.75 Å². The lowest BCUT2D eigenvalue weighted by Gasteiger charge is -2.04.